The first-order chi connectivity index (χ1) is 23.8. The summed E-state index contributed by atoms with van der Waals surface area (Å²) in [5.41, 5.74) is -0.337. The number of nitrogens with zero attached hydrogens (tertiary/aromatic N) is 2. The van der Waals surface area contributed by atoms with E-state index in [0.29, 0.717) is 23.9 Å². The lowest BCUT2D eigenvalue weighted by Gasteiger charge is -2.11. The minimum Gasteiger partial charge on any atom is -0.478 e. The van der Waals surface area contributed by atoms with E-state index < -0.39 is 84.8 Å². The molecule has 0 heterocycles. The zero-order chi connectivity index (χ0) is 37.3. The topological polar surface area (TPSA) is 283 Å². The van der Waals surface area contributed by atoms with Crippen molar-refractivity contribution in [2.24, 2.45) is 10.2 Å². The Kier molecular flexibility index (Phi) is 9.83. The summed E-state index contributed by atoms with van der Waals surface area (Å²) in [5.74, 6) is -2.64. The fraction of sp³-hybridized carbons (Fsp3) is 0. The van der Waals surface area contributed by atoms with Crippen molar-refractivity contribution in [1.29, 1.82) is 0 Å². The van der Waals surface area contributed by atoms with Gasteiger partial charge >= 0.3 is 5.97 Å². The summed E-state index contributed by atoms with van der Waals surface area (Å²) < 4.78 is 101. The number of amides is 2. The third kappa shape index (κ3) is 8.46. The minimum atomic E-state index is -5.27. The van der Waals surface area contributed by atoms with E-state index in [1.54, 1.807) is 30.3 Å². The molecule has 20 heteroatoms. The van der Waals surface area contributed by atoms with Crippen molar-refractivity contribution < 1.29 is 58.4 Å². The molecule has 0 fully saturated rings. The molecule has 0 aliphatic rings. The first-order valence-corrected chi connectivity index (χ1v) is 18.2. The Morgan fingerprint density at radius 3 is 1.63 bits per heavy atom. The van der Waals surface area contributed by atoms with E-state index in [1.807, 2.05) is 0 Å². The van der Waals surface area contributed by atoms with Crippen LogP contribution in [0.15, 0.2) is 122 Å². The van der Waals surface area contributed by atoms with E-state index in [-0.39, 0.29) is 22.5 Å². The van der Waals surface area contributed by atoms with Gasteiger partial charge in [0.15, 0.2) is 0 Å². The SMILES string of the molecule is O=C(Nc1ccccc1)c1ccc(C(=O)Nc2ccc(/N=N/c3cc(S(=O)(=O)O)c4cc(S(=O)(=O)O)cc(S(=O)(=O)O)c4c3)cc2C(=O)O)cc1. The van der Waals surface area contributed by atoms with Gasteiger partial charge in [-0.1, -0.05) is 18.2 Å². The number of anilines is 2. The Balaban J connectivity index is 1.44. The number of carbonyl (C=O) groups excluding carboxylic acids is 2. The Bertz CT molecular complexity index is 2610. The summed E-state index contributed by atoms with van der Waals surface area (Å²) in [4.78, 5) is 34.2. The summed E-state index contributed by atoms with van der Waals surface area (Å²) in [6, 6.07) is 20.0. The molecule has 0 aliphatic carbocycles. The van der Waals surface area contributed by atoms with Gasteiger partial charge in [-0.3, -0.25) is 23.2 Å². The Morgan fingerprint density at radius 2 is 1.08 bits per heavy atom. The quantitative estimate of drug-likeness (QED) is 0.0791. The molecule has 51 heavy (non-hydrogen) atoms. The number of hydrogen-bond donors (Lipinski definition) is 6. The summed E-state index contributed by atoms with van der Waals surface area (Å²) in [6.45, 7) is 0. The van der Waals surface area contributed by atoms with Crippen molar-refractivity contribution in [3.05, 3.63) is 114 Å². The molecule has 0 bridgehead atoms. The lowest BCUT2D eigenvalue weighted by atomic mass is 10.1. The zero-order valence-electron chi connectivity index (χ0n) is 25.3. The number of hydrogen-bond acceptors (Lipinski definition) is 11. The zero-order valence-corrected chi connectivity index (χ0v) is 27.8. The van der Waals surface area contributed by atoms with Crippen molar-refractivity contribution >= 4 is 81.7 Å². The molecule has 262 valence electrons. The van der Waals surface area contributed by atoms with Crippen LogP contribution in [0.4, 0.5) is 22.7 Å². The van der Waals surface area contributed by atoms with E-state index in [9.17, 15) is 58.4 Å². The standard InChI is InChI=1S/C31H22N4O13S3/c36-29(32-19-4-2-1-3-5-19)17-6-8-18(9-7-17)30(37)33-26-11-10-20(12-25(26)31(38)39)34-35-21-13-23-24(27(14-21)50(43,44)45)15-22(49(40,41)42)16-28(23)51(46,47)48/h1-16H,(H,32,36)(H,33,37)(H,38,39)(H,40,41,42)(H,43,44,45)(H,46,47,48)/b35-34+. The van der Waals surface area contributed by atoms with Crippen LogP contribution in [0.5, 0.6) is 0 Å². The second-order valence-corrected chi connectivity index (χ2v) is 14.7. The van der Waals surface area contributed by atoms with Crippen LogP contribution in [0.25, 0.3) is 10.8 Å². The summed E-state index contributed by atoms with van der Waals surface area (Å²) in [6.07, 6.45) is 0. The maximum atomic E-state index is 12.9. The molecule has 0 aromatic heterocycles. The van der Waals surface area contributed by atoms with Crippen molar-refractivity contribution in [2.45, 2.75) is 14.7 Å². The van der Waals surface area contributed by atoms with Crippen LogP contribution in [0.1, 0.15) is 31.1 Å². The molecular formula is C31H22N4O13S3. The molecule has 6 N–H and O–H groups in total. The van der Waals surface area contributed by atoms with Gasteiger partial charge in [0, 0.05) is 27.6 Å². The number of carbonyl (C=O) groups is 3. The fourth-order valence-electron chi connectivity index (χ4n) is 4.68. The molecule has 0 unspecified atom stereocenters. The van der Waals surface area contributed by atoms with Gasteiger partial charge in [0.2, 0.25) is 0 Å². The number of azo groups is 1. The maximum Gasteiger partial charge on any atom is 0.337 e. The molecule has 5 aromatic carbocycles. The average Bonchev–Trinajstić information content (AvgIpc) is 3.06. The molecule has 17 nitrogen and oxygen atoms in total. The highest BCUT2D eigenvalue weighted by Gasteiger charge is 2.26. The van der Waals surface area contributed by atoms with Crippen LogP contribution in [0, 0.1) is 0 Å². The maximum absolute atomic E-state index is 12.9. The van der Waals surface area contributed by atoms with Gasteiger partial charge in [-0.2, -0.15) is 35.5 Å². The molecule has 0 radical (unpaired) electrons. The van der Waals surface area contributed by atoms with Crippen molar-refractivity contribution in [2.75, 3.05) is 10.6 Å². The van der Waals surface area contributed by atoms with Crippen molar-refractivity contribution in [3.63, 3.8) is 0 Å². The van der Waals surface area contributed by atoms with Crippen LogP contribution in [0.3, 0.4) is 0 Å². The number of para-hydroxylation sites is 1. The molecule has 0 saturated carbocycles. The van der Waals surface area contributed by atoms with Gasteiger partial charge in [0.25, 0.3) is 42.2 Å². The largest absolute Gasteiger partial charge is 0.478 e. The molecule has 0 spiro atoms. The van der Waals surface area contributed by atoms with Crippen LogP contribution >= 0.6 is 0 Å². The molecule has 0 aliphatic heterocycles. The molecule has 0 saturated heterocycles. The highest BCUT2D eigenvalue weighted by molar-refractivity contribution is 7.87. The molecular weight excluding hydrogens is 733 g/mol. The lowest BCUT2D eigenvalue weighted by Crippen LogP contribution is -2.16. The van der Waals surface area contributed by atoms with Crippen molar-refractivity contribution in [1.82, 2.24) is 0 Å². The summed E-state index contributed by atoms with van der Waals surface area (Å²) in [5, 5.41) is 21.2. The van der Waals surface area contributed by atoms with Gasteiger partial charge in [-0.15, -0.1) is 0 Å². The van der Waals surface area contributed by atoms with E-state index in [1.165, 1.54) is 36.4 Å². The number of carboxylic acids is 1. The first kappa shape index (κ1) is 36.4. The van der Waals surface area contributed by atoms with Crippen LogP contribution in [0.2, 0.25) is 0 Å². The number of rotatable bonds is 10. The third-order valence-corrected chi connectivity index (χ3v) is 9.63. The number of fused-ring (bicyclic) bond motifs is 1. The Labute approximate surface area is 288 Å². The second kappa shape index (κ2) is 13.8. The molecule has 2 amide bonds. The van der Waals surface area contributed by atoms with Crippen LogP contribution < -0.4 is 10.6 Å². The van der Waals surface area contributed by atoms with E-state index >= 15 is 0 Å². The summed E-state index contributed by atoms with van der Waals surface area (Å²) >= 11 is 0. The minimum absolute atomic E-state index is 0.0882. The van der Waals surface area contributed by atoms with Gasteiger partial charge < -0.3 is 15.7 Å². The van der Waals surface area contributed by atoms with Crippen LogP contribution in [-0.2, 0) is 30.4 Å². The van der Waals surface area contributed by atoms with Gasteiger partial charge in [-0.05, 0) is 78.9 Å². The molecule has 0 atom stereocenters. The second-order valence-electron chi connectivity index (χ2n) is 10.5. The predicted molar refractivity (Wildman–Crippen MR) is 180 cm³/mol. The number of benzene rings is 5. The first-order valence-electron chi connectivity index (χ1n) is 13.9. The fourth-order valence-corrected chi connectivity index (χ4v) is 6.72. The normalized spacial score (nSPS) is 12.1. The van der Waals surface area contributed by atoms with Gasteiger partial charge in [-0.25, -0.2) is 4.79 Å². The highest BCUT2D eigenvalue weighted by atomic mass is 32.2. The van der Waals surface area contributed by atoms with Crippen molar-refractivity contribution in [3.8, 4) is 0 Å². The monoisotopic (exact) mass is 754 g/mol. The molecule has 5 rings (SSSR count). The van der Waals surface area contributed by atoms with E-state index in [2.05, 4.69) is 20.9 Å². The Morgan fingerprint density at radius 1 is 0.549 bits per heavy atom. The third-order valence-electron chi connectivity index (χ3n) is 7.01. The molecule has 5 aromatic rings. The number of nitrogens with one attached hydrogen (secondary N) is 2. The van der Waals surface area contributed by atoms with E-state index in [0.717, 1.165) is 12.1 Å². The number of carboxylic acid groups (broad SMARTS) is 1. The Hall–Kier alpha value is -5.90. The lowest BCUT2D eigenvalue weighted by molar-refractivity contribution is 0.0697. The smallest absolute Gasteiger partial charge is 0.337 e. The van der Waals surface area contributed by atoms with Crippen LogP contribution in [-0.4, -0.2) is 61.8 Å². The predicted octanol–water partition coefficient (Wildman–Crippen LogP) is 5.20. The average molecular weight is 755 g/mol. The highest BCUT2D eigenvalue weighted by Crippen LogP contribution is 2.36. The number of aromatic carboxylic acids is 1. The summed E-state index contributed by atoms with van der Waals surface area (Å²) in [7, 11) is -15.6. The van der Waals surface area contributed by atoms with Gasteiger partial charge in [0.05, 0.1) is 27.5 Å². The van der Waals surface area contributed by atoms with E-state index in [4.69, 9.17) is 0 Å². The van der Waals surface area contributed by atoms with Gasteiger partial charge in [0.1, 0.15) is 9.79 Å².